The van der Waals surface area contributed by atoms with E-state index < -0.39 is 4.92 Å². The number of benzene rings is 1. The number of para-hydroxylation sites is 1. The molecule has 0 aliphatic heterocycles. The van der Waals surface area contributed by atoms with Crippen LogP contribution in [0.15, 0.2) is 40.3 Å². The van der Waals surface area contributed by atoms with Crippen LogP contribution in [-0.2, 0) is 0 Å². The summed E-state index contributed by atoms with van der Waals surface area (Å²) in [5.41, 5.74) is 0.0531. The van der Waals surface area contributed by atoms with Crippen molar-refractivity contribution in [3.63, 3.8) is 0 Å². The van der Waals surface area contributed by atoms with Gasteiger partial charge >= 0.3 is 0 Å². The van der Waals surface area contributed by atoms with E-state index in [2.05, 4.69) is 9.97 Å². The smallest absolute Gasteiger partial charge is 0.258 e. The highest BCUT2D eigenvalue weighted by Crippen LogP contribution is 2.39. The first-order chi connectivity index (χ1) is 10.0. The summed E-state index contributed by atoms with van der Waals surface area (Å²) in [6.07, 6.45) is 0. The molecule has 0 bridgehead atoms. The van der Waals surface area contributed by atoms with Crippen LogP contribution in [0.2, 0.25) is 5.28 Å². The van der Waals surface area contributed by atoms with Crippen molar-refractivity contribution in [1.29, 1.82) is 0 Å². The molecule has 5 nitrogen and oxygen atoms in total. The first kappa shape index (κ1) is 14.2. The Labute approximate surface area is 133 Å². The maximum Gasteiger partial charge on any atom is 0.283 e. The van der Waals surface area contributed by atoms with Crippen molar-refractivity contribution in [1.82, 2.24) is 9.97 Å². The third kappa shape index (κ3) is 2.85. The molecule has 106 valence electrons. The molecule has 1 aromatic carbocycles. The average molecular weight is 338 g/mol. The Morgan fingerprint density at radius 3 is 2.86 bits per heavy atom. The lowest BCUT2D eigenvalue weighted by molar-refractivity contribution is -0.387. The van der Waals surface area contributed by atoms with Crippen LogP contribution in [0.4, 0.5) is 5.69 Å². The van der Waals surface area contributed by atoms with Gasteiger partial charge in [0.05, 0.1) is 9.82 Å². The maximum atomic E-state index is 11.1. The Hall–Kier alpha value is -1.70. The van der Waals surface area contributed by atoms with E-state index in [1.165, 1.54) is 29.2 Å². The first-order valence-electron chi connectivity index (χ1n) is 5.89. The minimum absolute atomic E-state index is 0.0531. The average Bonchev–Trinajstić information content (AvgIpc) is 2.79. The largest absolute Gasteiger partial charge is 0.283 e. The molecule has 0 saturated carbocycles. The van der Waals surface area contributed by atoms with E-state index in [1.54, 1.807) is 18.2 Å². The lowest BCUT2D eigenvalue weighted by Gasteiger charge is -2.03. The highest BCUT2D eigenvalue weighted by atomic mass is 35.5. The van der Waals surface area contributed by atoms with Crippen LogP contribution in [0, 0.1) is 17.0 Å². The van der Waals surface area contributed by atoms with Crippen LogP contribution < -0.4 is 0 Å². The maximum absolute atomic E-state index is 11.1. The Bertz CT molecular complexity index is 851. The molecule has 2 heterocycles. The highest BCUT2D eigenvalue weighted by Gasteiger charge is 2.17. The fourth-order valence-electron chi connectivity index (χ4n) is 1.87. The Morgan fingerprint density at radius 2 is 2.10 bits per heavy atom. The van der Waals surface area contributed by atoms with E-state index in [1.807, 2.05) is 13.0 Å². The van der Waals surface area contributed by atoms with E-state index in [9.17, 15) is 10.1 Å². The molecule has 0 spiro atoms. The van der Waals surface area contributed by atoms with E-state index in [0.29, 0.717) is 9.92 Å². The van der Waals surface area contributed by atoms with Gasteiger partial charge in [0, 0.05) is 16.3 Å². The Kier molecular flexibility index (Phi) is 3.79. The second-order valence-corrected chi connectivity index (χ2v) is 6.80. The second-order valence-electron chi connectivity index (χ2n) is 4.20. The second kappa shape index (κ2) is 5.59. The summed E-state index contributed by atoms with van der Waals surface area (Å²) in [5.74, 6) is 0. The molecule has 0 N–H and O–H groups in total. The molecule has 21 heavy (non-hydrogen) atoms. The zero-order valence-corrected chi connectivity index (χ0v) is 13.1. The molecule has 0 atom stereocenters. The van der Waals surface area contributed by atoms with Gasteiger partial charge in [0.25, 0.3) is 5.69 Å². The van der Waals surface area contributed by atoms with Gasteiger partial charge in [0.15, 0.2) is 0 Å². The van der Waals surface area contributed by atoms with Crippen molar-refractivity contribution < 1.29 is 4.92 Å². The summed E-state index contributed by atoms with van der Waals surface area (Å²) < 4.78 is 0. The summed E-state index contributed by atoms with van der Waals surface area (Å²) >= 11 is 8.69. The van der Waals surface area contributed by atoms with Crippen LogP contribution in [-0.4, -0.2) is 14.9 Å². The zero-order valence-electron chi connectivity index (χ0n) is 10.7. The Balaban J connectivity index is 2.12. The third-order valence-corrected chi connectivity index (χ3v) is 4.91. The summed E-state index contributed by atoms with van der Waals surface area (Å²) in [7, 11) is 0. The summed E-state index contributed by atoms with van der Waals surface area (Å²) in [5, 5.41) is 12.7. The molecular weight excluding hydrogens is 330 g/mol. The molecule has 3 rings (SSSR count). The number of aryl methyl sites for hydroxylation is 1. The Morgan fingerprint density at radius 1 is 1.33 bits per heavy atom. The van der Waals surface area contributed by atoms with Crippen molar-refractivity contribution in [2.75, 3.05) is 0 Å². The van der Waals surface area contributed by atoms with Gasteiger partial charge in [-0.05, 0) is 30.7 Å². The van der Waals surface area contributed by atoms with Gasteiger partial charge in [-0.1, -0.05) is 23.9 Å². The van der Waals surface area contributed by atoms with Gasteiger partial charge < -0.3 is 0 Å². The van der Waals surface area contributed by atoms with Crippen molar-refractivity contribution in [3.05, 3.63) is 50.6 Å². The molecule has 3 aromatic rings. The minimum Gasteiger partial charge on any atom is -0.258 e. The van der Waals surface area contributed by atoms with Crippen LogP contribution in [0.5, 0.6) is 0 Å². The predicted octanol–water partition coefficient (Wildman–Crippen LogP) is 4.71. The number of nitro groups is 1. The van der Waals surface area contributed by atoms with Crippen molar-refractivity contribution in [2.45, 2.75) is 16.8 Å². The minimum atomic E-state index is -0.402. The van der Waals surface area contributed by atoms with Crippen LogP contribution >= 0.6 is 34.7 Å². The summed E-state index contributed by atoms with van der Waals surface area (Å²) in [6.45, 7) is 1.97. The van der Waals surface area contributed by atoms with E-state index >= 15 is 0 Å². The molecule has 0 aliphatic carbocycles. The summed E-state index contributed by atoms with van der Waals surface area (Å²) in [6, 6.07) is 8.53. The van der Waals surface area contributed by atoms with Crippen LogP contribution in [0.1, 0.15) is 4.88 Å². The van der Waals surface area contributed by atoms with E-state index in [0.717, 1.165) is 15.1 Å². The third-order valence-electron chi connectivity index (χ3n) is 2.72. The number of fused-ring (bicyclic) bond motifs is 1. The first-order valence-corrected chi connectivity index (χ1v) is 7.90. The number of thiophene rings is 1. The monoisotopic (exact) mass is 337 g/mol. The number of halogens is 1. The number of aromatic nitrogens is 2. The predicted molar refractivity (Wildman–Crippen MR) is 84.4 cm³/mol. The van der Waals surface area contributed by atoms with Crippen molar-refractivity contribution >= 4 is 50.6 Å². The normalized spacial score (nSPS) is 11.0. The van der Waals surface area contributed by atoms with Gasteiger partial charge in [0.2, 0.25) is 5.28 Å². The fourth-order valence-corrected chi connectivity index (χ4v) is 4.08. The number of nitro benzene ring substituents is 1. The molecule has 0 amide bonds. The topological polar surface area (TPSA) is 68.9 Å². The molecule has 0 aliphatic rings. The van der Waals surface area contributed by atoms with E-state index in [4.69, 9.17) is 11.6 Å². The molecule has 0 fully saturated rings. The molecule has 0 unspecified atom stereocenters. The van der Waals surface area contributed by atoms with Gasteiger partial charge in [0.1, 0.15) is 9.86 Å². The van der Waals surface area contributed by atoms with Gasteiger partial charge in [-0.3, -0.25) is 10.1 Å². The number of rotatable bonds is 3. The molecule has 8 heteroatoms. The van der Waals surface area contributed by atoms with E-state index in [-0.39, 0.29) is 11.0 Å². The number of nitrogens with zero attached hydrogens (tertiary/aromatic N) is 3. The molecular formula is C13H8ClN3O2S2. The van der Waals surface area contributed by atoms with Gasteiger partial charge in [-0.2, -0.15) is 0 Å². The van der Waals surface area contributed by atoms with Crippen LogP contribution in [0.25, 0.3) is 10.2 Å². The number of hydrogen-bond donors (Lipinski definition) is 0. The lowest BCUT2D eigenvalue weighted by atomic mass is 10.3. The van der Waals surface area contributed by atoms with Crippen molar-refractivity contribution in [3.8, 4) is 0 Å². The standard InChI is InChI=1S/C13H8ClN3O2S2/c1-7-6-8-11(20-7)15-13(14)16-12(8)21-10-5-3-2-4-9(10)17(18)19/h2-6H,1H3. The molecule has 0 radical (unpaired) electrons. The fraction of sp³-hybridized carbons (Fsp3) is 0.0769. The SMILES string of the molecule is Cc1cc2c(Sc3ccccc3[N+](=O)[O-])nc(Cl)nc2s1. The van der Waals surface area contributed by atoms with Crippen molar-refractivity contribution in [2.24, 2.45) is 0 Å². The lowest BCUT2D eigenvalue weighted by Crippen LogP contribution is -1.91. The summed E-state index contributed by atoms with van der Waals surface area (Å²) in [4.78, 5) is 21.5. The number of hydrogen-bond acceptors (Lipinski definition) is 6. The van der Waals surface area contributed by atoms with Crippen LogP contribution in [0.3, 0.4) is 0 Å². The molecule has 0 saturated heterocycles. The highest BCUT2D eigenvalue weighted by molar-refractivity contribution is 7.99. The zero-order chi connectivity index (χ0) is 15.0. The quantitative estimate of drug-likeness (QED) is 0.299. The molecule has 2 aromatic heterocycles. The van der Waals surface area contributed by atoms with Gasteiger partial charge in [-0.15, -0.1) is 11.3 Å². The van der Waals surface area contributed by atoms with Gasteiger partial charge in [-0.25, -0.2) is 9.97 Å².